The largest absolute Gasteiger partial charge is 0.496 e. The molecule has 2 amide bonds. The fourth-order valence-corrected chi connectivity index (χ4v) is 4.65. The molecule has 0 saturated carbocycles. The maximum absolute atomic E-state index is 12.8. The lowest BCUT2D eigenvalue weighted by molar-refractivity contribution is -0.134. The number of para-hydroxylation sites is 1. The van der Waals surface area contributed by atoms with E-state index in [2.05, 4.69) is 29.3 Å². The van der Waals surface area contributed by atoms with Gasteiger partial charge in [0.15, 0.2) is 0 Å². The van der Waals surface area contributed by atoms with Gasteiger partial charge >= 0.3 is 0 Å². The third kappa shape index (κ3) is 6.81. The van der Waals surface area contributed by atoms with Crippen molar-refractivity contribution < 1.29 is 14.3 Å². The van der Waals surface area contributed by atoms with E-state index in [1.807, 2.05) is 55.0 Å². The number of methoxy groups -OCH3 is 1. The van der Waals surface area contributed by atoms with Crippen LogP contribution in [0.25, 0.3) is 0 Å². The minimum absolute atomic E-state index is 0.00881. The number of carbonyl (C=O) groups is 2. The number of carbonyl (C=O) groups excluding carboxylic acids is 2. The van der Waals surface area contributed by atoms with Crippen LogP contribution in [0.1, 0.15) is 29.2 Å². The number of rotatable bonds is 9. The molecule has 0 unspecified atom stereocenters. The quantitative estimate of drug-likeness (QED) is 0.615. The molecule has 0 spiro atoms. The zero-order valence-corrected chi connectivity index (χ0v) is 21.2. The molecule has 1 heterocycles. The molecule has 1 aliphatic rings. The van der Waals surface area contributed by atoms with Gasteiger partial charge in [-0.05, 0) is 55.6 Å². The summed E-state index contributed by atoms with van der Waals surface area (Å²) in [6, 6.07) is 12.1. The van der Waals surface area contributed by atoms with Gasteiger partial charge in [-0.25, -0.2) is 0 Å². The summed E-state index contributed by atoms with van der Waals surface area (Å²) in [5.74, 6) is 1.04. The second kappa shape index (κ2) is 12.0. The van der Waals surface area contributed by atoms with Crippen molar-refractivity contribution in [3.05, 3.63) is 58.7 Å². The molecular formula is C27H38N4O3. The van der Waals surface area contributed by atoms with E-state index >= 15 is 0 Å². The number of benzene rings is 2. The second-order valence-electron chi connectivity index (χ2n) is 9.15. The number of ether oxygens (including phenoxy) is 1. The van der Waals surface area contributed by atoms with Crippen molar-refractivity contribution in [1.82, 2.24) is 14.7 Å². The number of aryl methyl sites for hydroxylation is 3. The highest BCUT2D eigenvalue weighted by molar-refractivity contribution is 5.93. The van der Waals surface area contributed by atoms with Crippen LogP contribution in [0.2, 0.25) is 0 Å². The first-order valence-electron chi connectivity index (χ1n) is 12.0. The highest BCUT2D eigenvalue weighted by atomic mass is 16.5. The molecule has 2 aromatic rings. The SMILES string of the molecule is CCc1ccccc1NC(=O)CN1CCN(C(=O)CN(C)Cc2cc(C)c(OC)c(C)c2)CC1. The topological polar surface area (TPSA) is 65.1 Å². The number of hydrogen-bond donors (Lipinski definition) is 1. The molecule has 1 aliphatic heterocycles. The summed E-state index contributed by atoms with van der Waals surface area (Å²) in [5.41, 5.74) is 5.40. The Bertz CT molecular complexity index is 976. The second-order valence-corrected chi connectivity index (χ2v) is 9.15. The Kier molecular flexibility index (Phi) is 9.07. The van der Waals surface area contributed by atoms with Crippen LogP contribution in [-0.2, 0) is 22.6 Å². The van der Waals surface area contributed by atoms with Crippen LogP contribution in [0.5, 0.6) is 5.75 Å². The lowest BCUT2D eigenvalue weighted by Gasteiger charge is -2.35. The minimum Gasteiger partial charge on any atom is -0.496 e. The number of piperazine rings is 1. The Labute approximate surface area is 203 Å². The maximum Gasteiger partial charge on any atom is 0.238 e. The number of nitrogens with one attached hydrogen (secondary N) is 1. The molecule has 184 valence electrons. The molecule has 2 aromatic carbocycles. The Morgan fingerprint density at radius 3 is 2.32 bits per heavy atom. The van der Waals surface area contributed by atoms with Crippen LogP contribution in [0.3, 0.4) is 0 Å². The van der Waals surface area contributed by atoms with Crippen LogP contribution in [-0.4, -0.2) is 79.9 Å². The van der Waals surface area contributed by atoms with Crippen LogP contribution in [0, 0.1) is 13.8 Å². The summed E-state index contributed by atoms with van der Waals surface area (Å²) in [4.78, 5) is 31.4. The Morgan fingerprint density at radius 1 is 1.06 bits per heavy atom. The molecule has 0 atom stereocenters. The molecular weight excluding hydrogens is 428 g/mol. The van der Waals surface area contributed by atoms with Crippen LogP contribution < -0.4 is 10.1 Å². The fourth-order valence-electron chi connectivity index (χ4n) is 4.65. The lowest BCUT2D eigenvalue weighted by atomic mass is 10.1. The first-order chi connectivity index (χ1) is 16.3. The van der Waals surface area contributed by atoms with Gasteiger partial charge in [0, 0.05) is 38.4 Å². The molecule has 0 radical (unpaired) electrons. The van der Waals surface area contributed by atoms with E-state index in [-0.39, 0.29) is 11.8 Å². The van der Waals surface area contributed by atoms with E-state index in [9.17, 15) is 9.59 Å². The number of nitrogens with zero attached hydrogens (tertiary/aromatic N) is 3. The summed E-state index contributed by atoms with van der Waals surface area (Å²) >= 11 is 0. The van der Waals surface area contributed by atoms with Gasteiger partial charge in [0.2, 0.25) is 11.8 Å². The molecule has 1 saturated heterocycles. The van der Waals surface area contributed by atoms with E-state index in [4.69, 9.17) is 4.74 Å². The molecule has 3 rings (SSSR count). The van der Waals surface area contributed by atoms with Crippen molar-refractivity contribution in [2.45, 2.75) is 33.7 Å². The summed E-state index contributed by atoms with van der Waals surface area (Å²) < 4.78 is 5.45. The van der Waals surface area contributed by atoms with Gasteiger partial charge < -0.3 is 15.0 Å². The van der Waals surface area contributed by atoms with E-state index in [1.165, 1.54) is 5.56 Å². The summed E-state index contributed by atoms with van der Waals surface area (Å²) in [6.45, 7) is 10.3. The highest BCUT2D eigenvalue weighted by Crippen LogP contribution is 2.24. The molecule has 0 aliphatic carbocycles. The molecule has 34 heavy (non-hydrogen) atoms. The molecule has 0 aromatic heterocycles. The predicted molar refractivity (Wildman–Crippen MR) is 136 cm³/mol. The van der Waals surface area contributed by atoms with Gasteiger partial charge in [0.25, 0.3) is 0 Å². The molecule has 1 N–H and O–H groups in total. The van der Waals surface area contributed by atoms with E-state index in [0.29, 0.717) is 45.8 Å². The van der Waals surface area contributed by atoms with Crippen molar-refractivity contribution in [3.8, 4) is 5.75 Å². The van der Waals surface area contributed by atoms with E-state index in [0.717, 1.165) is 34.5 Å². The van der Waals surface area contributed by atoms with Gasteiger partial charge in [-0.3, -0.25) is 19.4 Å². The molecule has 7 heteroatoms. The summed E-state index contributed by atoms with van der Waals surface area (Å²) in [5, 5.41) is 3.03. The van der Waals surface area contributed by atoms with Crippen LogP contribution in [0.15, 0.2) is 36.4 Å². The van der Waals surface area contributed by atoms with E-state index in [1.54, 1.807) is 7.11 Å². The monoisotopic (exact) mass is 466 g/mol. The number of amides is 2. The van der Waals surface area contributed by atoms with Crippen LogP contribution >= 0.6 is 0 Å². The third-order valence-corrected chi connectivity index (χ3v) is 6.35. The first-order valence-corrected chi connectivity index (χ1v) is 12.0. The van der Waals surface area contributed by atoms with Crippen molar-refractivity contribution in [3.63, 3.8) is 0 Å². The highest BCUT2D eigenvalue weighted by Gasteiger charge is 2.23. The zero-order valence-electron chi connectivity index (χ0n) is 21.2. The third-order valence-electron chi connectivity index (χ3n) is 6.35. The minimum atomic E-state index is -0.00881. The summed E-state index contributed by atoms with van der Waals surface area (Å²) in [7, 11) is 3.67. The average Bonchev–Trinajstić information content (AvgIpc) is 2.79. The van der Waals surface area contributed by atoms with Gasteiger partial charge in [0.05, 0.1) is 20.2 Å². The molecule has 7 nitrogen and oxygen atoms in total. The number of anilines is 1. The van der Waals surface area contributed by atoms with Gasteiger partial charge in [-0.2, -0.15) is 0 Å². The smallest absolute Gasteiger partial charge is 0.238 e. The number of hydrogen-bond acceptors (Lipinski definition) is 5. The standard InChI is InChI=1S/C27H38N4O3/c1-6-23-9-7-8-10-24(23)28-25(32)18-30-11-13-31(14-12-30)26(33)19-29(4)17-22-15-20(2)27(34-5)21(3)16-22/h7-10,15-16H,6,11-14,17-19H2,1-5H3,(H,28,32). The molecule has 1 fully saturated rings. The average molecular weight is 467 g/mol. The Morgan fingerprint density at radius 2 is 1.71 bits per heavy atom. The Hall–Kier alpha value is -2.90. The maximum atomic E-state index is 12.8. The predicted octanol–water partition coefficient (Wildman–Crippen LogP) is 3.09. The zero-order chi connectivity index (χ0) is 24.7. The normalized spacial score (nSPS) is 14.4. The lowest BCUT2D eigenvalue weighted by Crippen LogP contribution is -2.52. The molecule has 0 bridgehead atoms. The van der Waals surface area contributed by atoms with Crippen molar-refractivity contribution >= 4 is 17.5 Å². The van der Waals surface area contributed by atoms with Gasteiger partial charge in [-0.15, -0.1) is 0 Å². The van der Waals surface area contributed by atoms with E-state index < -0.39 is 0 Å². The first kappa shape index (κ1) is 25.7. The number of likely N-dealkylation sites (N-methyl/N-ethyl adjacent to an activating group) is 1. The van der Waals surface area contributed by atoms with Crippen molar-refractivity contribution in [2.75, 3.05) is 58.7 Å². The fraction of sp³-hybridized carbons (Fsp3) is 0.481. The van der Waals surface area contributed by atoms with Crippen LogP contribution in [0.4, 0.5) is 5.69 Å². The Balaban J connectivity index is 1.44. The van der Waals surface area contributed by atoms with Gasteiger partial charge in [0.1, 0.15) is 5.75 Å². The van der Waals surface area contributed by atoms with Crippen molar-refractivity contribution in [2.24, 2.45) is 0 Å². The summed E-state index contributed by atoms with van der Waals surface area (Å²) in [6.07, 6.45) is 0.878. The van der Waals surface area contributed by atoms with Gasteiger partial charge in [-0.1, -0.05) is 37.3 Å². The van der Waals surface area contributed by atoms with Crippen molar-refractivity contribution in [1.29, 1.82) is 0 Å².